The van der Waals surface area contributed by atoms with Crippen molar-refractivity contribution in [2.75, 3.05) is 26.2 Å². The number of hydrogen-bond donors (Lipinski definition) is 1. The lowest BCUT2D eigenvalue weighted by Crippen LogP contribution is -2.39. The van der Waals surface area contributed by atoms with E-state index in [1.54, 1.807) is 0 Å². The fourth-order valence-electron chi connectivity index (χ4n) is 3.71. The van der Waals surface area contributed by atoms with E-state index in [1.165, 1.54) is 58.3 Å². The molecule has 2 heterocycles. The van der Waals surface area contributed by atoms with Gasteiger partial charge >= 0.3 is 0 Å². The normalized spacial score (nSPS) is 44.1. The van der Waals surface area contributed by atoms with Crippen LogP contribution in [-0.4, -0.2) is 37.1 Å². The van der Waals surface area contributed by atoms with Crippen molar-refractivity contribution in [2.45, 2.75) is 38.1 Å². The maximum atomic E-state index is 3.56. The standard InChI is InChI=1S/C12H22N2/c1-2-6-14(5-1)12-4-3-10-8-13-9-11(10)7-12/h10-13H,1-9H2. The zero-order valence-corrected chi connectivity index (χ0v) is 9.04. The van der Waals surface area contributed by atoms with Gasteiger partial charge in [-0.1, -0.05) is 0 Å². The second-order valence-electron chi connectivity index (χ2n) is 5.39. The first kappa shape index (κ1) is 9.17. The highest BCUT2D eigenvalue weighted by Crippen LogP contribution is 2.35. The molecule has 3 unspecified atom stereocenters. The highest BCUT2D eigenvalue weighted by atomic mass is 15.2. The Balaban J connectivity index is 1.60. The minimum atomic E-state index is 0.943. The summed E-state index contributed by atoms with van der Waals surface area (Å²) >= 11 is 0. The van der Waals surface area contributed by atoms with Gasteiger partial charge in [-0.3, -0.25) is 0 Å². The lowest BCUT2D eigenvalue weighted by Gasteiger charge is -2.36. The van der Waals surface area contributed by atoms with Gasteiger partial charge < -0.3 is 10.2 Å². The molecule has 0 spiro atoms. The smallest absolute Gasteiger partial charge is 0.00985 e. The predicted octanol–water partition coefficient (Wildman–Crippen LogP) is 1.47. The molecule has 1 aliphatic carbocycles. The summed E-state index contributed by atoms with van der Waals surface area (Å²) in [6.07, 6.45) is 7.34. The Bertz CT molecular complexity index is 198. The molecule has 2 saturated heterocycles. The molecule has 1 saturated carbocycles. The highest BCUT2D eigenvalue weighted by Gasteiger charge is 2.36. The Morgan fingerprint density at radius 3 is 2.57 bits per heavy atom. The van der Waals surface area contributed by atoms with Gasteiger partial charge in [-0.2, -0.15) is 0 Å². The first-order valence-corrected chi connectivity index (χ1v) is 6.38. The van der Waals surface area contributed by atoms with Crippen LogP contribution < -0.4 is 5.32 Å². The van der Waals surface area contributed by atoms with Crippen LogP contribution in [0, 0.1) is 11.8 Å². The second kappa shape index (κ2) is 3.82. The molecule has 0 aromatic carbocycles. The molecule has 3 aliphatic rings. The van der Waals surface area contributed by atoms with E-state index in [9.17, 15) is 0 Å². The maximum Gasteiger partial charge on any atom is 0.00985 e. The molecule has 2 nitrogen and oxygen atoms in total. The van der Waals surface area contributed by atoms with Gasteiger partial charge in [-0.25, -0.2) is 0 Å². The third-order valence-electron chi connectivity index (χ3n) is 4.58. The van der Waals surface area contributed by atoms with Gasteiger partial charge in [-0.05, 0) is 70.1 Å². The number of rotatable bonds is 1. The minimum Gasteiger partial charge on any atom is -0.316 e. The van der Waals surface area contributed by atoms with E-state index in [2.05, 4.69) is 10.2 Å². The molecule has 3 atom stereocenters. The molecule has 1 N–H and O–H groups in total. The number of nitrogens with zero attached hydrogens (tertiary/aromatic N) is 1. The van der Waals surface area contributed by atoms with Gasteiger partial charge in [0.1, 0.15) is 0 Å². The van der Waals surface area contributed by atoms with Crippen molar-refractivity contribution >= 4 is 0 Å². The third-order valence-corrected chi connectivity index (χ3v) is 4.58. The van der Waals surface area contributed by atoms with E-state index in [4.69, 9.17) is 0 Å². The van der Waals surface area contributed by atoms with Gasteiger partial charge in [0, 0.05) is 6.04 Å². The number of likely N-dealkylation sites (tertiary alicyclic amines) is 1. The summed E-state index contributed by atoms with van der Waals surface area (Å²) in [5, 5.41) is 3.56. The lowest BCUT2D eigenvalue weighted by atomic mass is 9.78. The number of hydrogen-bond acceptors (Lipinski definition) is 2. The van der Waals surface area contributed by atoms with Crippen molar-refractivity contribution in [3.8, 4) is 0 Å². The molecule has 0 aromatic rings. The van der Waals surface area contributed by atoms with Crippen molar-refractivity contribution in [1.82, 2.24) is 10.2 Å². The molecule has 0 amide bonds. The van der Waals surface area contributed by atoms with E-state index in [1.807, 2.05) is 0 Å². The van der Waals surface area contributed by atoms with Gasteiger partial charge in [0.15, 0.2) is 0 Å². The summed E-state index contributed by atoms with van der Waals surface area (Å²) in [7, 11) is 0. The molecule has 2 aliphatic heterocycles. The predicted molar refractivity (Wildman–Crippen MR) is 58.3 cm³/mol. The Morgan fingerprint density at radius 1 is 0.929 bits per heavy atom. The topological polar surface area (TPSA) is 15.3 Å². The molecular formula is C12H22N2. The quantitative estimate of drug-likeness (QED) is 0.680. The van der Waals surface area contributed by atoms with Crippen LogP contribution in [0.3, 0.4) is 0 Å². The number of fused-ring (bicyclic) bond motifs is 1. The average Bonchev–Trinajstić information content (AvgIpc) is 2.88. The molecule has 0 radical (unpaired) electrons. The molecule has 14 heavy (non-hydrogen) atoms. The van der Waals surface area contributed by atoms with Crippen LogP contribution in [0.25, 0.3) is 0 Å². The number of nitrogens with one attached hydrogen (secondary N) is 1. The van der Waals surface area contributed by atoms with Crippen LogP contribution >= 0.6 is 0 Å². The van der Waals surface area contributed by atoms with Crippen LogP contribution in [0.2, 0.25) is 0 Å². The van der Waals surface area contributed by atoms with Gasteiger partial charge in [0.05, 0.1) is 0 Å². The zero-order chi connectivity index (χ0) is 9.38. The second-order valence-corrected chi connectivity index (χ2v) is 5.39. The molecule has 3 fully saturated rings. The van der Waals surface area contributed by atoms with Crippen molar-refractivity contribution in [3.05, 3.63) is 0 Å². The Labute approximate surface area is 87.0 Å². The molecule has 2 heteroatoms. The first-order chi connectivity index (χ1) is 6.93. The van der Waals surface area contributed by atoms with Crippen LogP contribution in [-0.2, 0) is 0 Å². The molecule has 0 aromatic heterocycles. The van der Waals surface area contributed by atoms with E-state index < -0.39 is 0 Å². The molecule has 80 valence electrons. The van der Waals surface area contributed by atoms with Crippen LogP contribution in [0.5, 0.6) is 0 Å². The fourth-order valence-corrected chi connectivity index (χ4v) is 3.71. The van der Waals surface area contributed by atoms with Gasteiger partial charge in [0.25, 0.3) is 0 Å². The van der Waals surface area contributed by atoms with Crippen molar-refractivity contribution in [1.29, 1.82) is 0 Å². The van der Waals surface area contributed by atoms with E-state index in [0.29, 0.717) is 0 Å². The summed E-state index contributed by atoms with van der Waals surface area (Å²) in [5.74, 6) is 2.03. The van der Waals surface area contributed by atoms with Crippen molar-refractivity contribution < 1.29 is 0 Å². The minimum absolute atomic E-state index is 0.943. The maximum absolute atomic E-state index is 3.56. The van der Waals surface area contributed by atoms with E-state index in [-0.39, 0.29) is 0 Å². The average molecular weight is 194 g/mol. The van der Waals surface area contributed by atoms with Crippen molar-refractivity contribution in [2.24, 2.45) is 11.8 Å². The monoisotopic (exact) mass is 194 g/mol. The summed E-state index contributed by atoms with van der Waals surface area (Å²) < 4.78 is 0. The highest BCUT2D eigenvalue weighted by molar-refractivity contribution is 4.91. The summed E-state index contributed by atoms with van der Waals surface area (Å²) in [6, 6.07) is 0.943. The van der Waals surface area contributed by atoms with Crippen LogP contribution in [0.4, 0.5) is 0 Å². The largest absolute Gasteiger partial charge is 0.316 e. The Hall–Kier alpha value is -0.0800. The molecule has 3 rings (SSSR count). The van der Waals surface area contributed by atoms with E-state index in [0.717, 1.165) is 17.9 Å². The summed E-state index contributed by atoms with van der Waals surface area (Å²) in [6.45, 7) is 5.37. The zero-order valence-electron chi connectivity index (χ0n) is 9.04. The first-order valence-electron chi connectivity index (χ1n) is 6.38. The van der Waals surface area contributed by atoms with Gasteiger partial charge in [0.2, 0.25) is 0 Å². The fraction of sp³-hybridized carbons (Fsp3) is 1.00. The molecular weight excluding hydrogens is 172 g/mol. The van der Waals surface area contributed by atoms with Gasteiger partial charge in [-0.15, -0.1) is 0 Å². The van der Waals surface area contributed by atoms with Crippen LogP contribution in [0.15, 0.2) is 0 Å². The summed E-state index contributed by atoms with van der Waals surface area (Å²) in [5.41, 5.74) is 0. The van der Waals surface area contributed by atoms with Crippen LogP contribution in [0.1, 0.15) is 32.1 Å². The molecule has 0 bridgehead atoms. The Kier molecular flexibility index (Phi) is 2.50. The lowest BCUT2D eigenvalue weighted by molar-refractivity contribution is 0.138. The van der Waals surface area contributed by atoms with Crippen molar-refractivity contribution in [3.63, 3.8) is 0 Å². The third kappa shape index (κ3) is 1.59. The van der Waals surface area contributed by atoms with E-state index >= 15 is 0 Å². The summed E-state index contributed by atoms with van der Waals surface area (Å²) in [4.78, 5) is 2.76. The SMILES string of the molecule is C1CCN(C2CCC3CNCC3C2)C1. The Morgan fingerprint density at radius 2 is 1.71 bits per heavy atom.